The zero-order valence-corrected chi connectivity index (χ0v) is 12.0. The molecule has 3 nitrogen and oxygen atoms in total. The van der Waals surface area contributed by atoms with Crippen molar-refractivity contribution in [2.45, 2.75) is 13.0 Å². The van der Waals surface area contributed by atoms with Crippen molar-refractivity contribution < 1.29 is 4.42 Å². The maximum absolute atomic E-state index is 5.57. The first-order chi connectivity index (χ1) is 9.24. The summed E-state index contributed by atoms with van der Waals surface area (Å²) in [6, 6.07) is 14.0. The van der Waals surface area contributed by atoms with Gasteiger partial charge in [0, 0.05) is 17.3 Å². The van der Waals surface area contributed by atoms with Crippen LogP contribution in [-0.2, 0) is 0 Å². The van der Waals surface area contributed by atoms with Crippen LogP contribution in [0, 0.1) is 0 Å². The topological polar surface area (TPSA) is 38.1 Å². The first kappa shape index (κ1) is 12.2. The van der Waals surface area contributed by atoms with Crippen LogP contribution >= 0.6 is 15.9 Å². The predicted molar refractivity (Wildman–Crippen MR) is 80.2 cm³/mol. The zero-order valence-electron chi connectivity index (χ0n) is 10.4. The van der Waals surface area contributed by atoms with Crippen molar-refractivity contribution in [3.8, 4) is 0 Å². The summed E-state index contributed by atoms with van der Waals surface area (Å²) in [4.78, 5) is 4.36. The van der Waals surface area contributed by atoms with Gasteiger partial charge in [0.05, 0.1) is 11.6 Å². The van der Waals surface area contributed by atoms with E-state index in [4.69, 9.17) is 4.42 Å². The highest BCUT2D eigenvalue weighted by Crippen LogP contribution is 2.27. The van der Waals surface area contributed by atoms with Crippen LogP contribution < -0.4 is 5.32 Å². The van der Waals surface area contributed by atoms with Crippen LogP contribution in [0.3, 0.4) is 0 Å². The number of halogens is 1. The fourth-order valence-corrected chi connectivity index (χ4v) is 2.41. The number of anilines is 1. The molecule has 3 rings (SSSR count). The molecule has 2 heterocycles. The van der Waals surface area contributed by atoms with E-state index < -0.39 is 0 Å². The van der Waals surface area contributed by atoms with Gasteiger partial charge in [-0.1, -0.05) is 6.07 Å². The SMILES string of the molecule is CC(Nc1cccc2ncccc12)c1ccc(Br)o1. The molecule has 0 spiro atoms. The van der Waals surface area contributed by atoms with Crippen LogP contribution in [0.4, 0.5) is 5.69 Å². The molecule has 0 radical (unpaired) electrons. The second kappa shape index (κ2) is 5.05. The summed E-state index contributed by atoms with van der Waals surface area (Å²) >= 11 is 3.32. The molecule has 0 saturated carbocycles. The number of benzene rings is 1. The molecule has 4 heteroatoms. The molecule has 96 valence electrons. The number of furan rings is 1. The minimum atomic E-state index is 0.0945. The summed E-state index contributed by atoms with van der Waals surface area (Å²) in [6.07, 6.45) is 1.80. The second-order valence-electron chi connectivity index (χ2n) is 4.38. The molecule has 1 atom stereocenters. The minimum Gasteiger partial charge on any atom is -0.452 e. The Balaban J connectivity index is 1.93. The maximum atomic E-state index is 5.57. The standard InChI is InChI=1S/C15H13BrN2O/c1-10(14-7-8-15(16)19-14)18-13-6-2-5-12-11(13)4-3-9-17-12/h2-10,18H,1H3. The van der Waals surface area contributed by atoms with Crippen LogP contribution in [-0.4, -0.2) is 4.98 Å². The molecule has 0 aliphatic heterocycles. The number of hydrogen-bond donors (Lipinski definition) is 1. The van der Waals surface area contributed by atoms with Gasteiger partial charge < -0.3 is 9.73 Å². The molecule has 1 aromatic carbocycles. The van der Waals surface area contributed by atoms with Gasteiger partial charge in [-0.05, 0) is 59.3 Å². The quantitative estimate of drug-likeness (QED) is 0.756. The van der Waals surface area contributed by atoms with Crippen molar-refractivity contribution in [1.82, 2.24) is 4.98 Å². The average Bonchev–Trinajstić information content (AvgIpc) is 2.86. The lowest BCUT2D eigenvalue weighted by atomic mass is 10.1. The number of hydrogen-bond acceptors (Lipinski definition) is 3. The Morgan fingerprint density at radius 2 is 2.05 bits per heavy atom. The van der Waals surface area contributed by atoms with E-state index >= 15 is 0 Å². The Morgan fingerprint density at radius 3 is 2.84 bits per heavy atom. The molecule has 1 N–H and O–H groups in total. The van der Waals surface area contributed by atoms with Gasteiger partial charge in [-0.15, -0.1) is 0 Å². The lowest BCUT2D eigenvalue weighted by Gasteiger charge is -2.14. The highest BCUT2D eigenvalue weighted by Gasteiger charge is 2.11. The van der Waals surface area contributed by atoms with Gasteiger partial charge in [0.1, 0.15) is 5.76 Å². The van der Waals surface area contributed by atoms with Crippen LogP contribution in [0.15, 0.2) is 57.7 Å². The highest BCUT2D eigenvalue weighted by molar-refractivity contribution is 9.10. The number of rotatable bonds is 3. The average molecular weight is 317 g/mol. The third-order valence-corrected chi connectivity index (χ3v) is 3.46. The van der Waals surface area contributed by atoms with E-state index in [-0.39, 0.29) is 6.04 Å². The largest absolute Gasteiger partial charge is 0.452 e. The van der Waals surface area contributed by atoms with Crippen LogP contribution in [0.5, 0.6) is 0 Å². The van der Waals surface area contributed by atoms with Gasteiger partial charge in [0.2, 0.25) is 0 Å². The van der Waals surface area contributed by atoms with Crippen LogP contribution in [0.1, 0.15) is 18.7 Å². The summed E-state index contributed by atoms with van der Waals surface area (Å²) in [7, 11) is 0. The Morgan fingerprint density at radius 1 is 1.16 bits per heavy atom. The molecule has 3 aromatic rings. The Bertz CT molecular complexity index is 703. The van der Waals surface area contributed by atoms with E-state index in [1.165, 1.54) is 0 Å². The molecule has 0 saturated heterocycles. The fraction of sp³-hybridized carbons (Fsp3) is 0.133. The number of nitrogens with zero attached hydrogens (tertiary/aromatic N) is 1. The molecular formula is C15H13BrN2O. The van der Waals surface area contributed by atoms with E-state index in [1.54, 1.807) is 6.20 Å². The first-order valence-corrected chi connectivity index (χ1v) is 6.89. The summed E-state index contributed by atoms with van der Waals surface area (Å²) in [6.45, 7) is 2.07. The lowest BCUT2D eigenvalue weighted by Crippen LogP contribution is -2.05. The van der Waals surface area contributed by atoms with Gasteiger partial charge in [-0.3, -0.25) is 4.98 Å². The second-order valence-corrected chi connectivity index (χ2v) is 5.17. The van der Waals surface area contributed by atoms with Gasteiger partial charge in [0.25, 0.3) is 0 Å². The summed E-state index contributed by atoms with van der Waals surface area (Å²) in [5, 5.41) is 4.57. The van der Waals surface area contributed by atoms with E-state index in [1.807, 2.05) is 30.3 Å². The van der Waals surface area contributed by atoms with Gasteiger partial charge in [-0.2, -0.15) is 0 Å². The Kier molecular flexibility index (Phi) is 3.25. The van der Waals surface area contributed by atoms with E-state index in [0.29, 0.717) is 0 Å². The smallest absolute Gasteiger partial charge is 0.169 e. The monoisotopic (exact) mass is 316 g/mol. The van der Waals surface area contributed by atoms with Crippen molar-refractivity contribution >= 4 is 32.5 Å². The van der Waals surface area contributed by atoms with E-state index in [9.17, 15) is 0 Å². The van der Waals surface area contributed by atoms with E-state index in [0.717, 1.165) is 27.0 Å². The summed E-state index contributed by atoms with van der Waals surface area (Å²) in [5.41, 5.74) is 2.05. The van der Waals surface area contributed by atoms with Crippen molar-refractivity contribution in [3.63, 3.8) is 0 Å². The summed E-state index contributed by atoms with van der Waals surface area (Å²) < 4.78 is 6.31. The van der Waals surface area contributed by atoms with Gasteiger partial charge in [0.15, 0.2) is 4.67 Å². The first-order valence-electron chi connectivity index (χ1n) is 6.09. The van der Waals surface area contributed by atoms with E-state index in [2.05, 4.69) is 45.3 Å². The van der Waals surface area contributed by atoms with Gasteiger partial charge >= 0.3 is 0 Å². The molecule has 0 fully saturated rings. The molecule has 0 bridgehead atoms. The number of pyridine rings is 1. The molecule has 19 heavy (non-hydrogen) atoms. The molecule has 0 amide bonds. The minimum absolute atomic E-state index is 0.0945. The molecule has 2 aromatic heterocycles. The third kappa shape index (κ3) is 2.49. The number of aromatic nitrogens is 1. The number of fused-ring (bicyclic) bond motifs is 1. The molecule has 1 unspecified atom stereocenters. The molecule has 0 aliphatic carbocycles. The van der Waals surface area contributed by atoms with Gasteiger partial charge in [-0.25, -0.2) is 0 Å². The van der Waals surface area contributed by atoms with Crippen molar-refractivity contribution in [1.29, 1.82) is 0 Å². The maximum Gasteiger partial charge on any atom is 0.169 e. The molecule has 0 aliphatic rings. The van der Waals surface area contributed by atoms with Crippen molar-refractivity contribution in [3.05, 3.63) is 59.1 Å². The number of nitrogens with one attached hydrogen (secondary N) is 1. The van der Waals surface area contributed by atoms with Crippen molar-refractivity contribution in [2.75, 3.05) is 5.32 Å². The molecular weight excluding hydrogens is 304 g/mol. The van der Waals surface area contributed by atoms with Crippen LogP contribution in [0.25, 0.3) is 10.9 Å². The Hall–Kier alpha value is -1.81. The fourth-order valence-electron chi connectivity index (χ4n) is 2.09. The lowest BCUT2D eigenvalue weighted by molar-refractivity contribution is 0.471. The third-order valence-electron chi connectivity index (χ3n) is 3.04. The zero-order chi connectivity index (χ0) is 13.2. The predicted octanol–water partition coefficient (Wildman–Crippen LogP) is 4.76. The van der Waals surface area contributed by atoms with Crippen molar-refractivity contribution in [2.24, 2.45) is 0 Å². The normalized spacial score (nSPS) is 12.5. The summed E-state index contributed by atoms with van der Waals surface area (Å²) in [5.74, 6) is 0.896. The Labute approximate surface area is 119 Å². The van der Waals surface area contributed by atoms with Crippen LogP contribution in [0.2, 0.25) is 0 Å². The highest BCUT2D eigenvalue weighted by atomic mass is 79.9.